The van der Waals surface area contributed by atoms with Gasteiger partial charge >= 0.3 is 0 Å². The summed E-state index contributed by atoms with van der Waals surface area (Å²) in [4.78, 5) is 0. The average Bonchev–Trinajstić information content (AvgIpc) is 2.35. The standard InChI is InChI=1S/C14H10ClF3/c15-11(8-9-4-1-2-6-12(9)16)10-5-3-7-13(17)14(10)18/h1-7,11H,8H2. The number of alkyl halides is 1. The monoisotopic (exact) mass is 270 g/mol. The Morgan fingerprint density at radius 2 is 1.56 bits per heavy atom. The molecule has 0 spiro atoms. The van der Waals surface area contributed by atoms with Crippen LogP contribution >= 0.6 is 11.6 Å². The number of rotatable bonds is 3. The molecular weight excluding hydrogens is 261 g/mol. The first kappa shape index (κ1) is 13.0. The molecule has 18 heavy (non-hydrogen) atoms. The molecule has 0 aromatic heterocycles. The zero-order valence-electron chi connectivity index (χ0n) is 9.34. The SMILES string of the molecule is Fc1ccccc1CC(Cl)c1cccc(F)c1F. The third-order valence-electron chi connectivity index (χ3n) is 2.68. The van der Waals surface area contributed by atoms with Gasteiger partial charge in [-0.15, -0.1) is 11.6 Å². The van der Waals surface area contributed by atoms with E-state index in [1.807, 2.05) is 0 Å². The highest BCUT2D eigenvalue weighted by Crippen LogP contribution is 2.28. The molecule has 0 heterocycles. The average molecular weight is 271 g/mol. The Morgan fingerprint density at radius 3 is 2.28 bits per heavy atom. The van der Waals surface area contributed by atoms with Gasteiger partial charge in [-0.3, -0.25) is 0 Å². The normalized spacial score (nSPS) is 12.4. The van der Waals surface area contributed by atoms with Crippen LogP contribution in [0.2, 0.25) is 0 Å². The molecule has 0 nitrogen and oxygen atoms in total. The molecular formula is C14H10ClF3. The quantitative estimate of drug-likeness (QED) is 0.714. The van der Waals surface area contributed by atoms with Gasteiger partial charge in [0.1, 0.15) is 5.82 Å². The summed E-state index contributed by atoms with van der Waals surface area (Å²) in [6.45, 7) is 0. The minimum atomic E-state index is -0.978. The molecule has 0 fully saturated rings. The van der Waals surface area contributed by atoms with E-state index in [9.17, 15) is 13.2 Å². The van der Waals surface area contributed by atoms with Gasteiger partial charge in [0.05, 0.1) is 5.38 Å². The maximum atomic E-state index is 13.5. The van der Waals surface area contributed by atoms with Crippen LogP contribution in [0.15, 0.2) is 42.5 Å². The largest absolute Gasteiger partial charge is 0.207 e. The molecule has 0 N–H and O–H groups in total. The lowest BCUT2D eigenvalue weighted by Gasteiger charge is -2.11. The van der Waals surface area contributed by atoms with Crippen LogP contribution in [0.25, 0.3) is 0 Å². The van der Waals surface area contributed by atoms with E-state index in [-0.39, 0.29) is 12.0 Å². The molecule has 1 atom stereocenters. The smallest absolute Gasteiger partial charge is 0.163 e. The number of halogens is 4. The van der Waals surface area contributed by atoms with Gasteiger partial charge in [-0.25, -0.2) is 13.2 Å². The van der Waals surface area contributed by atoms with Crippen LogP contribution in [-0.4, -0.2) is 0 Å². The molecule has 0 saturated heterocycles. The third kappa shape index (κ3) is 2.67. The summed E-state index contributed by atoms with van der Waals surface area (Å²) in [5.41, 5.74) is 0.418. The van der Waals surface area contributed by atoms with Crippen molar-refractivity contribution in [3.8, 4) is 0 Å². The second kappa shape index (κ2) is 5.44. The minimum absolute atomic E-state index is 0.0416. The van der Waals surface area contributed by atoms with Gasteiger partial charge in [-0.2, -0.15) is 0 Å². The van der Waals surface area contributed by atoms with Gasteiger partial charge in [0, 0.05) is 5.56 Å². The summed E-state index contributed by atoms with van der Waals surface area (Å²) < 4.78 is 40.0. The van der Waals surface area contributed by atoms with Crippen molar-refractivity contribution in [2.24, 2.45) is 0 Å². The minimum Gasteiger partial charge on any atom is -0.207 e. The molecule has 0 aliphatic rings. The third-order valence-corrected chi connectivity index (χ3v) is 3.07. The summed E-state index contributed by atoms with van der Waals surface area (Å²) >= 11 is 6.02. The van der Waals surface area contributed by atoms with Crippen molar-refractivity contribution in [2.45, 2.75) is 11.8 Å². The van der Waals surface area contributed by atoms with Crippen molar-refractivity contribution >= 4 is 11.6 Å². The van der Waals surface area contributed by atoms with Gasteiger partial charge in [0.15, 0.2) is 11.6 Å². The molecule has 0 radical (unpaired) electrons. The molecule has 0 bridgehead atoms. The first-order valence-corrected chi connectivity index (χ1v) is 5.84. The Balaban J connectivity index is 2.25. The molecule has 0 aliphatic heterocycles. The van der Waals surface area contributed by atoms with E-state index in [4.69, 9.17) is 11.6 Å². The molecule has 0 amide bonds. The summed E-state index contributed by atoms with van der Waals surface area (Å²) in [5.74, 6) is -2.33. The van der Waals surface area contributed by atoms with Crippen LogP contribution < -0.4 is 0 Å². The highest BCUT2D eigenvalue weighted by molar-refractivity contribution is 6.20. The second-order valence-corrected chi connectivity index (χ2v) is 4.43. The van der Waals surface area contributed by atoms with Crippen LogP contribution in [0.5, 0.6) is 0 Å². The zero-order chi connectivity index (χ0) is 13.1. The maximum absolute atomic E-state index is 13.5. The number of hydrogen-bond acceptors (Lipinski definition) is 0. The van der Waals surface area contributed by atoms with E-state index in [1.54, 1.807) is 18.2 Å². The Labute approximate surface area is 108 Å². The first-order chi connectivity index (χ1) is 8.59. The van der Waals surface area contributed by atoms with E-state index < -0.39 is 22.8 Å². The van der Waals surface area contributed by atoms with Crippen LogP contribution in [0.1, 0.15) is 16.5 Å². The fourth-order valence-electron chi connectivity index (χ4n) is 1.73. The Bertz CT molecular complexity index is 554. The lowest BCUT2D eigenvalue weighted by Crippen LogP contribution is -2.02. The predicted molar refractivity (Wildman–Crippen MR) is 65.1 cm³/mol. The van der Waals surface area contributed by atoms with Crippen molar-refractivity contribution in [3.63, 3.8) is 0 Å². The Hall–Kier alpha value is -1.48. The van der Waals surface area contributed by atoms with E-state index in [0.29, 0.717) is 5.56 Å². The zero-order valence-corrected chi connectivity index (χ0v) is 10.1. The Kier molecular flexibility index (Phi) is 3.92. The highest BCUT2D eigenvalue weighted by Gasteiger charge is 2.17. The number of benzene rings is 2. The predicted octanol–water partition coefficient (Wildman–Crippen LogP) is 4.63. The van der Waals surface area contributed by atoms with Crippen LogP contribution in [-0.2, 0) is 6.42 Å². The van der Waals surface area contributed by atoms with Crippen molar-refractivity contribution in [1.82, 2.24) is 0 Å². The summed E-state index contributed by atoms with van der Waals surface area (Å²) in [6, 6.07) is 9.91. The maximum Gasteiger partial charge on any atom is 0.163 e. The topological polar surface area (TPSA) is 0 Å². The van der Waals surface area contributed by atoms with E-state index >= 15 is 0 Å². The molecule has 1 unspecified atom stereocenters. The lowest BCUT2D eigenvalue weighted by atomic mass is 10.0. The molecule has 2 rings (SSSR count). The van der Waals surface area contributed by atoms with Gasteiger partial charge < -0.3 is 0 Å². The fraction of sp³-hybridized carbons (Fsp3) is 0.143. The van der Waals surface area contributed by atoms with Gasteiger partial charge in [0.25, 0.3) is 0 Å². The van der Waals surface area contributed by atoms with E-state index in [2.05, 4.69) is 0 Å². The first-order valence-electron chi connectivity index (χ1n) is 5.41. The highest BCUT2D eigenvalue weighted by atomic mass is 35.5. The summed E-state index contributed by atoms with van der Waals surface area (Å²) in [5, 5.41) is -0.808. The molecule has 2 aromatic carbocycles. The summed E-state index contributed by atoms with van der Waals surface area (Å²) in [6.07, 6.45) is 0.106. The van der Waals surface area contributed by atoms with Crippen LogP contribution in [0.3, 0.4) is 0 Å². The molecule has 94 valence electrons. The number of hydrogen-bond donors (Lipinski definition) is 0. The molecule has 0 aliphatic carbocycles. The van der Waals surface area contributed by atoms with Gasteiger partial charge in [-0.05, 0) is 24.1 Å². The van der Waals surface area contributed by atoms with Crippen molar-refractivity contribution in [1.29, 1.82) is 0 Å². The van der Waals surface area contributed by atoms with Gasteiger partial charge in [-0.1, -0.05) is 30.3 Å². The van der Waals surface area contributed by atoms with Crippen LogP contribution in [0, 0.1) is 17.5 Å². The van der Waals surface area contributed by atoms with E-state index in [1.165, 1.54) is 18.2 Å². The van der Waals surface area contributed by atoms with Crippen molar-refractivity contribution < 1.29 is 13.2 Å². The van der Waals surface area contributed by atoms with Crippen LogP contribution in [0.4, 0.5) is 13.2 Å². The lowest BCUT2D eigenvalue weighted by molar-refractivity contribution is 0.496. The molecule has 0 saturated carbocycles. The second-order valence-electron chi connectivity index (χ2n) is 3.91. The molecule has 4 heteroatoms. The van der Waals surface area contributed by atoms with E-state index in [0.717, 1.165) is 6.07 Å². The van der Waals surface area contributed by atoms with Crippen molar-refractivity contribution in [2.75, 3.05) is 0 Å². The fourth-order valence-corrected chi connectivity index (χ4v) is 2.06. The molecule has 2 aromatic rings. The van der Waals surface area contributed by atoms with Gasteiger partial charge in [0.2, 0.25) is 0 Å². The van der Waals surface area contributed by atoms with Crippen molar-refractivity contribution in [3.05, 3.63) is 71.0 Å². The summed E-state index contributed by atoms with van der Waals surface area (Å²) in [7, 11) is 0. The Morgan fingerprint density at radius 1 is 0.889 bits per heavy atom.